The van der Waals surface area contributed by atoms with Gasteiger partial charge >= 0.3 is 0 Å². The summed E-state index contributed by atoms with van der Waals surface area (Å²) in [5.74, 6) is 1.31. The Morgan fingerprint density at radius 2 is 2.04 bits per heavy atom. The van der Waals surface area contributed by atoms with Crippen molar-refractivity contribution in [2.75, 3.05) is 18.1 Å². The quantitative estimate of drug-likeness (QED) is 0.434. The minimum atomic E-state index is -2.99. The highest BCUT2D eigenvalue weighted by atomic mass is 35.5. The van der Waals surface area contributed by atoms with Crippen LogP contribution in [0.1, 0.15) is 12.7 Å². The van der Waals surface area contributed by atoms with Crippen LogP contribution in [0.25, 0.3) is 11.3 Å². The number of nitro benzene ring substituents is 1. The molecule has 0 radical (unpaired) electrons. The molecule has 0 aliphatic rings. The van der Waals surface area contributed by atoms with Crippen LogP contribution in [0.4, 0.5) is 5.69 Å². The summed E-state index contributed by atoms with van der Waals surface area (Å²) >= 11 is 6.06. The number of halogens is 1. The maximum Gasteiger partial charge on any atom is 0.270 e. The van der Waals surface area contributed by atoms with Gasteiger partial charge in [0.05, 0.1) is 22.2 Å². The third-order valence-electron chi connectivity index (χ3n) is 3.42. The van der Waals surface area contributed by atoms with Gasteiger partial charge < -0.3 is 9.73 Å². The molecule has 1 aromatic carbocycles. The molecule has 1 heterocycles. The van der Waals surface area contributed by atoms with Crippen LogP contribution in [0, 0.1) is 10.1 Å². The van der Waals surface area contributed by atoms with Gasteiger partial charge in [-0.3, -0.25) is 10.1 Å². The molecule has 0 atom stereocenters. The van der Waals surface area contributed by atoms with E-state index in [-0.39, 0.29) is 22.2 Å². The molecule has 0 aliphatic heterocycles. The van der Waals surface area contributed by atoms with E-state index >= 15 is 0 Å². The van der Waals surface area contributed by atoms with Gasteiger partial charge in [0.2, 0.25) is 0 Å². The lowest BCUT2D eigenvalue weighted by Crippen LogP contribution is -2.23. The molecule has 0 saturated heterocycles. The fourth-order valence-electron chi connectivity index (χ4n) is 2.02. The first kappa shape index (κ1) is 18.4. The monoisotopic (exact) mass is 372 g/mol. The number of rotatable bonds is 8. The number of benzene rings is 1. The molecule has 1 aromatic heterocycles. The van der Waals surface area contributed by atoms with E-state index in [1.54, 1.807) is 19.1 Å². The van der Waals surface area contributed by atoms with Crippen LogP contribution < -0.4 is 5.32 Å². The van der Waals surface area contributed by atoms with E-state index in [2.05, 4.69) is 5.32 Å². The molecule has 0 fully saturated rings. The van der Waals surface area contributed by atoms with Gasteiger partial charge in [0.1, 0.15) is 11.5 Å². The number of hydrogen-bond acceptors (Lipinski definition) is 6. The van der Waals surface area contributed by atoms with E-state index in [1.807, 2.05) is 0 Å². The number of furan rings is 1. The van der Waals surface area contributed by atoms with Crippen molar-refractivity contribution in [2.45, 2.75) is 13.5 Å². The van der Waals surface area contributed by atoms with Gasteiger partial charge in [0.15, 0.2) is 9.84 Å². The van der Waals surface area contributed by atoms with Crippen LogP contribution in [0.2, 0.25) is 5.02 Å². The predicted molar refractivity (Wildman–Crippen MR) is 91.8 cm³/mol. The lowest BCUT2D eigenvalue weighted by Gasteiger charge is -2.03. The maximum atomic E-state index is 11.4. The summed E-state index contributed by atoms with van der Waals surface area (Å²) in [5, 5.41) is 13.9. The maximum absolute atomic E-state index is 11.4. The van der Waals surface area contributed by atoms with E-state index < -0.39 is 14.8 Å². The van der Waals surface area contributed by atoms with E-state index in [4.69, 9.17) is 16.0 Å². The van der Waals surface area contributed by atoms with Crippen molar-refractivity contribution >= 4 is 27.1 Å². The highest BCUT2D eigenvalue weighted by Gasteiger charge is 2.13. The third-order valence-corrected chi connectivity index (χ3v) is 5.44. The predicted octanol–water partition coefficient (Wildman–Crippen LogP) is 3.03. The summed E-state index contributed by atoms with van der Waals surface area (Å²) in [6.07, 6.45) is 0. The van der Waals surface area contributed by atoms with Gasteiger partial charge in [-0.15, -0.1) is 0 Å². The van der Waals surface area contributed by atoms with Gasteiger partial charge in [0, 0.05) is 30.0 Å². The molecule has 24 heavy (non-hydrogen) atoms. The normalized spacial score (nSPS) is 11.6. The van der Waals surface area contributed by atoms with Crippen molar-refractivity contribution in [3.8, 4) is 11.3 Å². The van der Waals surface area contributed by atoms with Crippen LogP contribution in [0.3, 0.4) is 0 Å². The average molecular weight is 373 g/mol. The van der Waals surface area contributed by atoms with E-state index in [0.717, 1.165) is 0 Å². The minimum absolute atomic E-state index is 0.0746. The number of nitrogens with one attached hydrogen (secondary N) is 1. The van der Waals surface area contributed by atoms with Crippen molar-refractivity contribution < 1.29 is 17.8 Å². The summed E-state index contributed by atoms with van der Waals surface area (Å²) in [7, 11) is -2.99. The van der Waals surface area contributed by atoms with Crippen molar-refractivity contribution in [1.29, 1.82) is 0 Å². The number of nitrogens with zero attached hydrogens (tertiary/aromatic N) is 1. The largest absolute Gasteiger partial charge is 0.460 e. The average Bonchev–Trinajstić information content (AvgIpc) is 3.00. The smallest absolute Gasteiger partial charge is 0.270 e. The van der Waals surface area contributed by atoms with Crippen LogP contribution >= 0.6 is 11.6 Å². The molecule has 0 saturated carbocycles. The first-order valence-electron chi connectivity index (χ1n) is 7.26. The Labute approximate surface area is 144 Å². The molecule has 2 rings (SSSR count). The summed E-state index contributed by atoms with van der Waals surface area (Å²) in [6, 6.07) is 7.62. The van der Waals surface area contributed by atoms with Crippen LogP contribution in [-0.2, 0) is 16.4 Å². The van der Waals surface area contributed by atoms with Crippen LogP contribution in [0.15, 0.2) is 34.7 Å². The Hall–Kier alpha value is -1.90. The zero-order valence-corrected chi connectivity index (χ0v) is 14.6. The lowest BCUT2D eigenvalue weighted by molar-refractivity contribution is -0.384. The van der Waals surface area contributed by atoms with Gasteiger partial charge in [-0.1, -0.05) is 18.5 Å². The molecule has 0 aliphatic carbocycles. The number of non-ortho nitro benzene ring substituents is 1. The van der Waals surface area contributed by atoms with E-state index in [9.17, 15) is 18.5 Å². The molecular weight excluding hydrogens is 356 g/mol. The number of nitro groups is 1. The Morgan fingerprint density at radius 3 is 2.67 bits per heavy atom. The molecule has 9 heteroatoms. The molecule has 130 valence electrons. The number of hydrogen-bond donors (Lipinski definition) is 1. The molecular formula is C15H17ClN2O5S. The standard InChI is InChI=1S/C15H17ClN2O5S/c1-2-24(21,22)8-7-17-10-12-4-6-15(23-12)13-5-3-11(18(19)20)9-14(13)16/h3-6,9,17H,2,7-8,10H2,1H3. The van der Waals surface area contributed by atoms with Crippen molar-refractivity contribution in [2.24, 2.45) is 0 Å². The van der Waals surface area contributed by atoms with E-state index in [1.165, 1.54) is 18.2 Å². The lowest BCUT2D eigenvalue weighted by atomic mass is 10.1. The van der Waals surface area contributed by atoms with E-state index in [0.29, 0.717) is 30.2 Å². The highest BCUT2D eigenvalue weighted by Crippen LogP contribution is 2.32. The Bertz CT molecular complexity index is 832. The van der Waals surface area contributed by atoms with Gasteiger partial charge in [-0.2, -0.15) is 0 Å². The zero-order chi connectivity index (χ0) is 17.7. The second-order valence-corrected chi connectivity index (χ2v) is 7.98. The topological polar surface area (TPSA) is 102 Å². The fourth-order valence-corrected chi connectivity index (χ4v) is 3.03. The Kier molecular flexibility index (Phi) is 5.98. The Morgan fingerprint density at radius 1 is 1.29 bits per heavy atom. The first-order chi connectivity index (χ1) is 11.3. The molecule has 0 spiro atoms. The summed E-state index contributed by atoms with van der Waals surface area (Å²) in [4.78, 5) is 10.2. The van der Waals surface area contributed by atoms with Crippen molar-refractivity contribution in [1.82, 2.24) is 5.32 Å². The third kappa shape index (κ3) is 4.80. The molecule has 0 unspecified atom stereocenters. The second kappa shape index (κ2) is 7.78. The van der Waals surface area contributed by atoms with Gasteiger partial charge in [-0.25, -0.2) is 8.42 Å². The second-order valence-electron chi connectivity index (χ2n) is 5.10. The first-order valence-corrected chi connectivity index (χ1v) is 9.46. The molecule has 0 bridgehead atoms. The summed E-state index contributed by atoms with van der Waals surface area (Å²) < 4.78 is 28.4. The summed E-state index contributed by atoms with van der Waals surface area (Å²) in [6.45, 7) is 2.33. The minimum Gasteiger partial charge on any atom is -0.460 e. The zero-order valence-electron chi connectivity index (χ0n) is 13.0. The van der Waals surface area contributed by atoms with Crippen molar-refractivity contribution in [3.63, 3.8) is 0 Å². The van der Waals surface area contributed by atoms with Crippen molar-refractivity contribution in [3.05, 3.63) is 51.2 Å². The van der Waals surface area contributed by atoms with Gasteiger partial charge in [-0.05, 0) is 18.2 Å². The highest BCUT2D eigenvalue weighted by molar-refractivity contribution is 7.91. The SMILES string of the molecule is CCS(=O)(=O)CCNCc1ccc(-c2ccc([N+](=O)[O-])cc2Cl)o1. The van der Waals surface area contributed by atoms with Crippen LogP contribution in [0.5, 0.6) is 0 Å². The molecule has 0 amide bonds. The number of sulfone groups is 1. The van der Waals surface area contributed by atoms with Gasteiger partial charge in [0.25, 0.3) is 5.69 Å². The Balaban J connectivity index is 1.99. The fraction of sp³-hybridized carbons (Fsp3) is 0.333. The summed E-state index contributed by atoms with van der Waals surface area (Å²) in [5.41, 5.74) is 0.469. The molecule has 7 nitrogen and oxygen atoms in total. The van der Waals surface area contributed by atoms with Crippen LogP contribution in [-0.4, -0.2) is 31.4 Å². The molecule has 2 aromatic rings. The molecule has 1 N–H and O–H groups in total.